The first-order valence-electron chi connectivity index (χ1n) is 8.70. The van der Waals surface area contributed by atoms with Crippen LogP contribution in [0, 0.1) is 11.7 Å². The standard InChI is InChI=1S/C20H23FN4O/c1-14(2)7-8-16-13-25(24-16)17-11-9-15(10-12-17)22-20(26)23-19-6-4-3-5-18(19)21/h3-6,9-14,24H,7-8H2,1-2H3,(H2,22,23,26). The van der Waals surface area contributed by atoms with Crippen molar-refractivity contribution >= 4 is 17.4 Å². The molecular formula is C20H23FN4O. The first-order chi connectivity index (χ1) is 12.5. The molecule has 0 bridgehead atoms. The first-order valence-corrected chi connectivity index (χ1v) is 8.70. The van der Waals surface area contributed by atoms with Gasteiger partial charge in [0.05, 0.1) is 17.1 Å². The molecule has 26 heavy (non-hydrogen) atoms. The lowest BCUT2D eigenvalue weighted by Crippen LogP contribution is -2.20. The smallest absolute Gasteiger partial charge is 0.308 e. The number of rotatable bonds is 6. The van der Waals surface area contributed by atoms with Crippen LogP contribution >= 0.6 is 0 Å². The molecule has 1 heterocycles. The van der Waals surface area contributed by atoms with Gasteiger partial charge in [-0.2, -0.15) is 0 Å². The monoisotopic (exact) mass is 354 g/mol. The number of benzene rings is 2. The van der Waals surface area contributed by atoms with Crippen LogP contribution in [-0.2, 0) is 6.42 Å². The Hall–Kier alpha value is -3.02. The molecule has 2 amide bonds. The maximum atomic E-state index is 13.5. The van der Waals surface area contributed by atoms with Crippen LogP contribution in [0.2, 0.25) is 0 Å². The Bertz CT molecular complexity index is 852. The van der Waals surface area contributed by atoms with Gasteiger partial charge in [-0.05, 0) is 55.2 Å². The third kappa shape index (κ3) is 4.53. The summed E-state index contributed by atoms with van der Waals surface area (Å²) in [5.41, 5.74) is 2.99. The van der Waals surface area contributed by atoms with Gasteiger partial charge in [-0.3, -0.25) is 9.78 Å². The predicted octanol–water partition coefficient (Wildman–Crippen LogP) is 5.18. The van der Waals surface area contributed by atoms with Crippen LogP contribution < -0.4 is 10.6 Å². The zero-order chi connectivity index (χ0) is 18.5. The lowest BCUT2D eigenvalue weighted by Gasteiger charge is -2.17. The number of anilines is 2. The molecule has 0 aliphatic carbocycles. The van der Waals surface area contributed by atoms with Gasteiger partial charge in [0.1, 0.15) is 5.82 Å². The maximum Gasteiger partial charge on any atom is 0.323 e. The van der Waals surface area contributed by atoms with Crippen molar-refractivity contribution in [3.05, 3.63) is 66.2 Å². The molecule has 0 saturated carbocycles. The number of aromatic nitrogens is 2. The number of aryl methyl sites for hydroxylation is 1. The second-order valence-corrected chi connectivity index (χ2v) is 6.67. The normalized spacial score (nSPS) is 10.9. The van der Waals surface area contributed by atoms with Crippen molar-refractivity contribution in [1.82, 2.24) is 9.78 Å². The molecule has 0 radical (unpaired) electrons. The summed E-state index contributed by atoms with van der Waals surface area (Å²) in [5, 5.41) is 8.48. The number of carbonyl (C=O) groups excluding carboxylic acids is 1. The van der Waals surface area contributed by atoms with Crippen LogP contribution in [0.15, 0.2) is 54.7 Å². The number of urea groups is 1. The van der Waals surface area contributed by atoms with Gasteiger partial charge in [0, 0.05) is 11.9 Å². The molecule has 6 heteroatoms. The summed E-state index contributed by atoms with van der Waals surface area (Å²) in [6.07, 6.45) is 4.28. The molecule has 0 aliphatic heterocycles. The molecule has 5 nitrogen and oxygen atoms in total. The Labute approximate surface area is 152 Å². The Morgan fingerprint density at radius 1 is 1.12 bits per heavy atom. The van der Waals surface area contributed by atoms with Gasteiger partial charge >= 0.3 is 6.03 Å². The first kappa shape index (κ1) is 17.8. The molecule has 136 valence electrons. The largest absolute Gasteiger partial charge is 0.323 e. The molecule has 3 N–H and O–H groups in total. The molecule has 1 aromatic heterocycles. The zero-order valence-electron chi connectivity index (χ0n) is 14.9. The number of H-pyrrole nitrogens is 1. The highest BCUT2D eigenvalue weighted by Gasteiger charge is 2.08. The Balaban J connectivity index is 1.55. The minimum atomic E-state index is -0.485. The summed E-state index contributed by atoms with van der Waals surface area (Å²) in [6.45, 7) is 4.43. The van der Waals surface area contributed by atoms with Gasteiger partial charge in [-0.25, -0.2) is 9.18 Å². The van der Waals surface area contributed by atoms with Gasteiger partial charge in [-0.1, -0.05) is 26.0 Å². The van der Waals surface area contributed by atoms with Crippen molar-refractivity contribution < 1.29 is 9.18 Å². The van der Waals surface area contributed by atoms with Crippen molar-refractivity contribution in [2.75, 3.05) is 10.6 Å². The third-order valence-electron chi connectivity index (χ3n) is 4.07. The summed E-state index contributed by atoms with van der Waals surface area (Å²) < 4.78 is 15.5. The summed E-state index contributed by atoms with van der Waals surface area (Å²) in [7, 11) is 0. The van der Waals surface area contributed by atoms with Crippen molar-refractivity contribution in [2.45, 2.75) is 26.7 Å². The SMILES string of the molecule is CC(C)CCc1cn(-c2ccc(NC(=O)Nc3ccccc3F)cc2)[nH]1. The lowest BCUT2D eigenvalue weighted by atomic mass is 10.1. The molecule has 0 fully saturated rings. The van der Waals surface area contributed by atoms with Gasteiger partial charge in [0.25, 0.3) is 0 Å². The summed E-state index contributed by atoms with van der Waals surface area (Å²) in [6, 6.07) is 13.0. The van der Waals surface area contributed by atoms with Crippen molar-refractivity contribution in [2.24, 2.45) is 5.92 Å². The zero-order valence-corrected chi connectivity index (χ0v) is 14.9. The highest BCUT2D eigenvalue weighted by Crippen LogP contribution is 2.17. The van der Waals surface area contributed by atoms with Crippen LogP contribution in [0.3, 0.4) is 0 Å². The molecule has 3 rings (SSSR count). The van der Waals surface area contributed by atoms with Gasteiger partial charge < -0.3 is 10.6 Å². The Morgan fingerprint density at radius 2 is 1.81 bits per heavy atom. The highest BCUT2D eigenvalue weighted by molar-refractivity contribution is 5.99. The average Bonchev–Trinajstić information content (AvgIpc) is 2.56. The molecule has 0 spiro atoms. The van der Waals surface area contributed by atoms with Crippen molar-refractivity contribution in [3.8, 4) is 5.69 Å². The fourth-order valence-corrected chi connectivity index (χ4v) is 2.56. The number of hydrogen-bond donors (Lipinski definition) is 3. The van der Waals surface area contributed by atoms with E-state index in [0.29, 0.717) is 11.6 Å². The minimum Gasteiger partial charge on any atom is -0.308 e. The second kappa shape index (κ2) is 7.91. The lowest BCUT2D eigenvalue weighted by molar-refractivity contribution is 0.262. The van der Waals surface area contributed by atoms with Crippen LogP contribution in [0.1, 0.15) is 26.0 Å². The topological polar surface area (TPSA) is 61.9 Å². The molecule has 0 atom stereocenters. The van der Waals surface area contributed by atoms with E-state index in [-0.39, 0.29) is 5.69 Å². The van der Waals surface area contributed by atoms with E-state index in [1.54, 1.807) is 24.3 Å². The van der Waals surface area contributed by atoms with Crippen LogP contribution in [-0.4, -0.2) is 15.8 Å². The van der Waals surface area contributed by atoms with E-state index in [1.165, 1.54) is 17.8 Å². The fraction of sp³-hybridized carbons (Fsp3) is 0.250. The van der Waals surface area contributed by atoms with E-state index < -0.39 is 11.8 Å². The summed E-state index contributed by atoms with van der Waals surface area (Å²) in [5.74, 6) is 0.217. The van der Waals surface area contributed by atoms with E-state index in [2.05, 4.69) is 35.8 Å². The van der Waals surface area contributed by atoms with Crippen LogP contribution in [0.5, 0.6) is 0 Å². The second-order valence-electron chi connectivity index (χ2n) is 6.67. The molecule has 0 unspecified atom stereocenters. The average molecular weight is 354 g/mol. The van der Waals surface area contributed by atoms with Gasteiger partial charge in [0.2, 0.25) is 0 Å². The Morgan fingerprint density at radius 3 is 2.46 bits per heavy atom. The number of carbonyl (C=O) groups is 1. The number of nitrogens with zero attached hydrogens (tertiary/aromatic N) is 1. The van der Waals surface area contributed by atoms with Gasteiger partial charge in [0.15, 0.2) is 0 Å². The summed E-state index contributed by atoms with van der Waals surface area (Å²) >= 11 is 0. The molecular weight excluding hydrogens is 331 g/mol. The predicted molar refractivity (Wildman–Crippen MR) is 102 cm³/mol. The quantitative estimate of drug-likeness (QED) is 0.561. The minimum absolute atomic E-state index is 0.144. The molecule has 3 aromatic rings. The van der Waals surface area contributed by atoms with E-state index in [0.717, 1.165) is 18.5 Å². The Kier molecular flexibility index (Phi) is 5.41. The van der Waals surface area contributed by atoms with E-state index >= 15 is 0 Å². The number of amides is 2. The van der Waals surface area contributed by atoms with Crippen LogP contribution in [0.25, 0.3) is 5.69 Å². The summed E-state index contributed by atoms with van der Waals surface area (Å²) in [4.78, 5) is 12.0. The maximum absolute atomic E-state index is 13.5. The van der Waals surface area contributed by atoms with Crippen molar-refractivity contribution in [1.29, 1.82) is 0 Å². The number of nitrogens with one attached hydrogen (secondary N) is 3. The molecule has 0 aliphatic rings. The van der Waals surface area contributed by atoms with Gasteiger partial charge in [-0.15, -0.1) is 0 Å². The van der Waals surface area contributed by atoms with E-state index in [1.807, 2.05) is 16.8 Å². The number of hydrogen-bond acceptors (Lipinski definition) is 1. The highest BCUT2D eigenvalue weighted by atomic mass is 19.1. The third-order valence-corrected chi connectivity index (χ3v) is 4.07. The van der Waals surface area contributed by atoms with Crippen molar-refractivity contribution in [3.63, 3.8) is 0 Å². The van der Waals surface area contributed by atoms with Crippen LogP contribution in [0.4, 0.5) is 20.6 Å². The number of aromatic amines is 1. The molecule has 2 aromatic carbocycles. The number of para-hydroxylation sites is 1. The number of halogens is 1. The fourth-order valence-electron chi connectivity index (χ4n) is 2.56. The van der Waals surface area contributed by atoms with E-state index in [9.17, 15) is 9.18 Å². The molecule has 0 saturated heterocycles. The van der Waals surface area contributed by atoms with E-state index in [4.69, 9.17) is 0 Å².